The molecule has 2 heterocycles. The highest BCUT2D eigenvalue weighted by Crippen LogP contribution is 2.34. The molecule has 150 valence electrons. The van der Waals surface area contributed by atoms with Gasteiger partial charge in [0.25, 0.3) is 5.56 Å². The van der Waals surface area contributed by atoms with Gasteiger partial charge in [-0.3, -0.25) is 9.59 Å². The van der Waals surface area contributed by atoms with Crippen molar-refractivity contribution >= 4 is 33.7 Å². The molecule has 0 unspecified atom stereocenters. The predicted molar refractivity (Wildman–Crippen MR) is 115 cm³/mol. The number of aromatic nitrogens is 1. The van der Waals surface area contributed by atoms with Gasteiger partial charge < -0.3 is 19.8 Å². The molecule has 5 rings (SSSR count). The Morgan fingerprint density at radius 3 is 2.37 bits per heavy atom. The lowest BCUT2D eigenvalue weighted by Crippen LogP contribution is -2.37. The Balaban J connectivity index is 1.74. The van der Waals surface area contributed by atoms with Crippen molar-refractivity contribution in [3.63, 3.8) is 0 Å². The van der Waals surface area contributed by atoms with E-state index in [1.54, 1.807) is 18.2 Å². The summed E-state index contributed by atoms with van der Waals surface area (Å²) in [7, 11) is 0. The van der Waals surface area contributed by atoms with Crippen LogP contribution in [0.3, 0.4) is 0 Å². The van der Waals surface area contributed by atoms with Crippen LogP contribution in [0.5, 0.6) is 0 Å². The van der Waals surface area contributed by atoms with Gasteiger partial charge in [0.1, 0.15) is 0 Å². The van der Waals surface area contributed by atoms with E-state index in [2.05, 4.69) is 4.98 Å². The van der Waals surface area contributed by atoms with Gasteiger partial charge >= 0.3 is 6.01 Å². The largest absolute Gasteiger partial charge is 0.424 e. The van der Waals surface area contributed by atoms with Crippen molar-refractivity contribution in [2.75, 3.05) is 31.2 Å². The number of ether oxygens (including phenoxy) is 1. The average molecular weight is 401 g/mol. The Morgan fingerprint density at radius 2 is 1.67 bits per heavy atom. The molecule has 3 aromatic carbocycles. The third-order valence-corrected chi connectivity index (χ3v) is 5.38. The van der Waals surface area contributed by atoms with E-state index in [-0.39, 0.29) is 5.56 Å². The number of nitrogens with zero attached hydrogens (tertiary/aromatic N) is 2. The summed E-state index contributed by atoms with van der Waals surface area (Å²) in [6, 6.07) is 16.9. The third-order valence-electron chi connectivity index (χ3n) is 5.38. The first-order chi connectivity index (χ1) is 14.6. The van der Waals surface area contributed by atoms with Gasteiger partial charge in [-0.15, -0.1) is 0 Å². The van der Waals surface area contributed by atoms with Crippen LogP contribution in [0.4, 0.5) is 6.01 Å². The van der Waals surface area contributed by atoms with Crippen LogP contribution in [-0.4, -0.2) is 37.2 Å². The van der Waals surface area contributed by atoms with Gasteiger partial charge in [0.15, 0.2) is 5.58 Å². The molecular formula is C23H19N3O4. The van der Waals surface area contributed by atoms with Gasteiger partial charge in [-0.05, 0) is 34.7 Å². The number of carbonyl (C=O) groups is 1. The van der Waals surface area contributed by atoms with Crippen molar-refractivity contribution in [1.82, 2.24) is 4.98 Å². The second-order valence-electron chi connectivity index (χ2n) is 7.19. The molecule has 2 N–H and O–H groups in total. The zero-order valence-electron chi connectivity index (χ0n) is 16.1. The number of carbonyl (C=O) groups excluding carboxylic acids is 1. The number of anilines is 1. The summed E-state index contributed by atoms with van der Waals surface area (Å²) in [4.78, 5) is 30.4. The minimum atomic E-state index is -0.481. The van der Waals surface area contributed by atoms with Crippen LogP contribution in [0, 0.1) is 0 Å². The number of benzene rings is 3. The van der Waals surface area contributed by atoms with Crippen molar-refractivity contribution in [1.29, 1.82) is 0 Å². The molecule has 0 radical (unpaired) electrons. The quantitative estimate of drug-likeness (QED) is 0.530. The number of hydrogen-bond acceptors (Lipinski definition) is 6. The molecule has 0 saturated carbocycles. The maximum absolute atomic E-state index is 12.9. The van der Waals surface area contributed by atoms with E-state index in [4.69, 9.17) is 14.9 Å². The van der Waals surface area contributed by atoms with E-state index in [0.717, 1.165) is 21.9 Å². The number of morpholine rings is 1. The molecule has 1 aromatic heterocycles. The van der Waals surface area contributed by atoms with E-state index in [1.807, 2.05) is 41.3 Å². The highest BCUT2D eigenvalue weighted by Gasteiger charge is 2.19. The van der Waals surface area contributed by atoms with Gasteiger partial charge in [0, 0.05) is 24.0 Å². The number of primary amides is 1. The summed E-state index contributed by atoms with van der Waals surface area (Å²) in [6.45, 7) is 2.40. The van der Waals surface area contributed by atoms with Crippen LogP contribution in [-0.2, 0) is 4.74 Å². The minimum absolute atomic E-state index is 0.319. The highest BCUT2D eigenvalue weighted by atomic mass is 16.5. The molecule has 7 heteroatoms. The van der Waals surface area contributed by atoms with Gasteiger partial charge in [-0.25, -0.2) is 0 Å². The molecule has 30 heavy (non-hydrogen) atoms. The van der Waals surface area contributed by atoms with Crippen LogP contribution in [0.2, 0.25) is 0 Å². The summed E-state index contributed by atoms with van der Waals surface area (Å²) in [5.74, 6) is -0.481. The maximum Gasteiger partial charge on any atom is 0.301 e. The number of nitrogens with two attached hydrogens (primary N) is 1. The van der Waals surface area contributed by atoms with Gasteiger partial charge in [0.05, 0.1) is 18.6 Å². The summed E-state index contributed by atoms with van der Waals surface area (Å²) in [6.07, 6.45) is 0. The van der Waals surface area contributed by atoms with Crippen LogP contribution in [0.25, 0.3) is 32.9 Å². The second kappa shape index (κ2) is 7.27. The zero-order chi connectivity index (χ0) is 20.7. The molecule has 0 spiro atoms. The molecule has 1 amide bonds. The lowest BCUT2D eigenvalue weighted by Gasteiger charge is -2.26. The summed E-state index contributed by atoms with van der Waals surface area (Å²) in [5, 5.41) is 2.19. The lowest BCUT2D eigenvalue weighted by molar-refractivity contribution is 0.100. The predicted octanol–water partition coefficient (Wildman–Crippen LogP) is 2.94. The molecular weight excluding hydrogens is 382 g/mol. The molecule has 1 aliphatic heterocycles. The van der Waals surface area contributed by atoms with E-state index in [1.165, 1.54) is 0 Å². The van der Waals surface area contributed by atoms with Crippen molar-refractivity contribution in [3.05, 3.63) is 70.5 Å². The zero-order valence-corrected chi connectivity index (χ0v) is 16.1. The first-order valence-electron chi connectivity index (χ1n) is 9.71. The van der Waals surface area contributed by atoms with Crippen LogP contribution in [0.1, 0.15) is 10.4 Å². The van der Waals surface area contributed by atoms with E-state index >= 15 is 0 Å². The summed E-state index contributed by atoms with van der Waals surface area (Å²) >= 11 is 0. The fraction of sp³-hybridized carbons (Fsp3) is 0.174. The van der Waals surface area contributed by atoms with Crippen molar-refractivity contribution in [2.45, 2.75) is 0 Å². The first kappa shape index (κ1) is 18.3. The summed E-state index contributed by atoms with van der Waals surface area (Å²) in [5.41, 5.74) is 7.70. The van der Waals surface area contributed by atoms with Crippen molar-refractivity contribution in [3.8, 4) is 11.1 Å². The van der Waals surface area contributed by atoms with E-state index in [9.17, 15) is 9.59 Å². The molecule has 4 aromatic rings. The minimum Gasteiger partial charge on any atom is -0.424 e. The standard InChI is InChI=1S/C23H19N3O4/c24-21(27)15-7-5-14(6-8-15)18-13-19-20(17-4-2-1-3-16(17)18)30-23(25-22(19)28)26-9-11-29-12-10-26/h1-8,13H,9-12H2,(H2,24,27). The first-order valence-corrected chi connectivity index (χ1v) is 9.71. The number of hydrogen-bond donors (Lipinski definition) is 1. The summed E-state index contributed by atoms with van der Waals surface area (Å²) < 4.78 is 11.5. The Morgan fingerprint density at radius 1 is 0.967 bits per heavy atom. The fourth-order valence-electron chi connectivity index (χ4n) is 3.82. The third kappa shape index (κ3) is 3.09. The molecule has 0 aliphatic carbocycles. The SMILES string of the molecule is NC(=O)c1ccc(-c2cc3c(=O)nc(N4CCOCC4)oc3c3ccccc23)cc1. The molecule has 1 saturated heterocycles. The Bertz CT molecular complexity index is 1320. The molecule has 1 aliphatic rings. The fourth-order valence-corrected chi connectivity index (χ4v) is 3.82. The molecule has 0 bridgehead atoms. The van der Waals surface area contributed by atoms with E-state index < -0.39 is 5.91 Å². The molecule has 1 fully saturated rings. The normalized spacial score (nSPS) is 14.3. The maximum atomic E-state index is 12.9. The Labute approximate surface area is 171 Å². The monoisotopic (exact) mass is 401 g/mol. The van der Waals surface area contributed by atoms with Gasteiger partial charge in [-0.1, -0.05) is 36.4 Å². The van der Waals surface area contributed by atoms with Crippen molar-refractivity contribution < 1.29 is 13.9 Å². The average Bonchev–Trinajstić information content (AvgIpc) is 2.79. The molecule has 7 nitrogen and oxygen atoms in total. The Kier molecular flexibility index (Phi) is 4.44. The van der Waals surface area contributed by atoms with Crippen molar-refractivity contribution in [2.24, 2.45) is 5.73 Å². The van der Waals surface area contributed by atoms with E-state index in [0.29, 0.717) is 48.9 Å². The van der Waals surface area contributed by atoms with Gasteiger partial charge in [0.2, 0.25) is 5.91 Å². The number of amides is 1. The highest BCUT2D eigenvalue weighted by molar-refractivity contribution is 6.11. The Hall–Kier alpha value is -3.71. The molecule has 0 atom stereocenters. The van der Waals surface area contributed by atoms with Gasteiger partial charge in [-0.2, -0.15) is 4.98 Å². The topological polar surface area (TPSA) is 98.7 Å². The van der Waals surface area contributed by atoms with Crippen LogP contribution >= 0.6 is 0 Å². The second-order valence-corrected chi connectivity index (χ2v) is 7.19. The number of rotatable bonds is 3. The van der Waals surface area contributed by atoms with Crippen LogP contribution in [0.15, 0.2) is 63.8 Å². The number of fused-ring (bicyclic) bond motifs is 3. The lowest BCUT2D eigenvalue weighted by atomic mass is 9.95. The van der Waals surface area contributed by atoms with Crippen LogP contribution < -0.4 is 16.2 Å². The smallest absolute Gasteiger partial charge is 0.301 e.